The minimum absolute atomic E-state index is 0.000264. The quantitative estimate of drug-likeness (QED) is 0.805. The van der Waals surface area contributed by atoms with Crippen molar-refractivity contribution >= 4 is 23.2 Å². The molecule has 2 amide bonds. The van der Waals surface area contributed by atoms with Crippen LogP contribution >= 0.6 is 0 Å². The molecule has 154 valence electrons. The molecule has 2 aliphatic rings. The van der Waals surface area contributed by atoms with Gasteiger partial charge in [-0.25, -0.2) is 0 Å². The topological polar surface area (TPSA) is 65.1 Å². The van der Waals surface area contributed by atoms with Crippen LogP contribution in [0, 0.1) is 0 Å². The van der Waals surface area contributed by atoms with Crippen LogP contribution in [0.4, 0.5) is 11.4 Å². The van der Waals surface area contributed by atoms with Crippen LogP contribution < -0.4 is 10.2 Å². The fourth-order valence-electron chi connectivity index (χ4n) is 3.69. The van der Waals surface area contributed by atoms with Crippen LogP contribution in [0.25, 0.3) is 0 Å². The lowest BCUT2D eigenvalue weighted by Gasteiger charge is -2.29. The molecular weight excluding hydrogens is 356 g/mol. The number of hydrogen-bond acceptors (Lipinski definition) is 5. The first-order valence-electron chi connectivity index (χ1n) is 10.3. The highest BCUT2D eigenvalue weighted by atomic mass is 16.5. The summed E-state index contributed by atoms with van der Waals surface area (Å²) in [6.07, 6.45) is 4.79. The van der Waals surface area contributed by atoms with Crippen LogP contribution in [-0.2, 0) is 14.3 Å². The van der Waals surface area contributed by atoms with Crippen molar-refractivity contribution in [1.82, 2.24) is 9.80 Å². The van der Waals surface area contributed by atoms with Gasteiger partial charge in [-0.1, -0.05) is 12.8 Å². The van der Waals surface area contributed by atoms with Gasteiger partial charge in [0.15, 0.2) is 0 Å². The zero-order valence-corrected chi connectivity index (χ0v) is 16.9. The van der Waals surface area contributed by atoms with Gasteiger partial charge in [-0.2, -0.15) is 0 Å². The highest BCUT2D eigenvalue weighted by Gasteiger charge is 2.18. The summed E-state index contributed by atoms with van der Waals surface area (Å²) < 4.78 is 5.37. The van der Waals surface area contributed by atoms with Gasteiger partial charge < -0.3 is 19.9 Å². The van der Waals surface area contributed by atoms with E-state index >= 15 is 0 Å². The predicted octanol–water partition coefficient (Wildman–Crippen LogP) is 1.80. The van der Waals surface area contributed by atoms with Crippen molar-refractivity contribution < 1.29 is 14.3 Å². The Balaban J connectivity index is 1.44. The SMILES string of the molecule is CN(CC(=O)Nc1ccc(N2CCOCC2)cc1)C(=O)CN1CCCCCC1. The zero-order valence-electron chi connectivity index (χ0n) is 16.9. The van der Waals surface area contributed by atoms with E-state index in [1.807, 2.05) is 24.3 Å². The summed E-state index contributed by atoms with van der Waals surface area (Å²) in [6.45, 7) is 5.68. The van der Waals surface area contributed by atoms with Gasteiger partial charge in [0, 0.05) is 31.5 Å². The number of carbonyl (C=O) groups is 2. The van der Waals surface area contributed by atoms with Gasteiger partial charge in [0.05, 0.1) is 26.3 Å². The average Bonchev–Trinajstić information content (AvgIpc) is 2.98. The number of rotatable bonds is 6. The second-order valence-corrected chi connectivity index (χ2v) is 7.63. The van der Waals surface area contributed by atoms with Gasteiger partial charge >= 0.3 is 0 Å². The Hall–Kier alpha value is -2.12. The van der Waals surface area contributed by atoms with Gasteiger partial charge in [0.2, 0.25) is 11.8 Å². The van der Waals surface area contributed by atoms with Crippen LogP contribution in [0.1, 0.15) is 25.7 Å². The number of hydrogen-bond donors (Lipinski definition) is 1. The van der Waals surface area contributed by atoms with E-state index in [2.05, 4.69) is 15.1 Å². The summed E-state index contributed by atoms with van der Waals surface area (Å²) in [5.41, 5.74) is 1.88. The van der Waals surface area contributed by atoms with E-state index < -0.39 is 0 Å². The Labute approximate surface area is 167 Å². The lowest BCUT2D eigenvalue weighted by atomic mass is 10.2. The molecule has 0 spiro atoms. The minimum Gasteiger partial charge on any atom is -0.378 e. The Morgan fingerprint density at radius 2 is 1.64 bits per heavy atom. The maximum atomic E-state index is 12.4. The number of nitrogens with one attached hydrogen (secondary N) is 1. The van der Waals surface area contributed by atoms with Crippen molar-refractivity contribution in [3.63, 3.8) is 0 Å². The number of carbonyl (C=O) groups excluding carboxylic acids is 2. The molecule has 3 rings (SSSR count). The summed E-state index contributed by atoms with van der Waals surface area (Å²) in [7, 11) is 1.70. The molecule has 2 aliphatic heterocycles. The van der Waals surface area contributed by atoms with Crippen molar-refractivity contribution in [2.45, 2.75) is 25.7 Å². The molecule has 1 aromatic rings. The second-order valence-electron chi connectivity index (χ2n) is 7.63. The summed E-state index contributed by atoms with van der Waals surface area (Å²) >= 11 is 0. The monoisotopic (exact) mass is 388 g/mol. The number of amides is 2. The highest BCUT2D eigenvalue weighted by Crippen LogP contribution is 2.19. The molecule has 0 bridgehead atoms. The largest absolute Gasteiger partial charge is 0.378 e. The van der Waals surface area contributed by atoms with E-state index in [0.717, 1.165) is 63.6 Å². The molecule has 1 aromatic carbocycles. The Morgan fingerprint density at radius 3 is 2.29 bits per heavy atom. The van der Waals surface area contributed by atoms with E-state index in [-0.39, 0.29) is 18.4 Å². The third kappa shape index (κ3) is 6.21. The second kappa shape index (κ2) is 10.4. The molecule has 2 fully saturated rings. The molecule has 0 aromatic heterocycles. The van der Waals surface area contributed by atoms with Crippen molar-refractivity contribution in [3.8, 4) is 0 Å². The molecular formula is C21H32N4O3. The van der Waals surface area contributed by atoms with Crippen LogP contribution in [0.3, 0.4) is 0 Å². The number of benzene rings is 1. The molecule has 0 saturated carbocycles. The van der Waals surface area contributed by atoms with Crippen molar-refractivity contribution in [1.29, 1.82) is 0 Å². The smallest absolute Gasteiger partial charge is 0.243 e. The molecule has 7 heteroatoms. The molecule has 0 aliphatic carbocycles. The van der Waals surface area contributed by atoms with Crippen LogP contribution in [0.15, 0.2) is 24.3 Å². The number of anilines is 2. The lowest BCUT2D eigenvalue weighted by molar-refractivity contribution is -0.134. The Bertz CT molecular complexity index is 636. The van der Waals surface area contributed by atoms with Gasteiger partial charge in [-0.15, -0.1) is 0 Å². The van der Waals surface area contributed by atoms with Crippen molar-refractivity contribution in [2.75, 3.05) is 69.7 Å². The third-order valence-corrected chi connectivity index (χ3v) is 5.39. The normalized spacial score (nSPS) is 18.4. The highest BCUT2D eigenvalue weighted by molar-refractivity contribution is 5.94. The first-order chi connectivity index (χ1) is 13.6. The Kier molecular flexibility index (Phi) is 7.68. The van der Waals surface area contributed by atoms with E-state index in [1.165, 1.54) is 17.7 Å². The van der Waals surface area contributed by atoms with E-state index in [9.17, 15) is 9.59 Å². The maximum absolute atomic E-state index is 12.4. The number of likely N-dealkylation sites (tertiary alicyclic amines) is 1. The molecule has 1 N–H and O–H groups in total. The zero-order chi connectivity index (χ0) is 19.8. The predicted molar refractivity (Wildman–Crippen MR) is 111 cm³/mol. The third-order valence-electron chi connectivity index (χ3n) is 5.39. The first-order valence-corrected chi connectivity index (χ1v) is 10.3. The molecule has 0 unspecified atom stereocenters. The van der Waals surface area contributed by atoms with Crippen molar-refractivity contribution in [2.24, 2.45) is 0 Å². The van der Waals surface area contributed by atoms with Gasteiger partial charge in [-0.05, 0) is 50.2 Å². The van der Waals surface area contributed by atoms with E-state index in [4.69, 9.17) is 4.74 Å². The van der Waals surface area contributed by atoms with E-state index in [0.29, 0.717) is 6.54 Å². The summed E-state index contributed by atoms with van der Waals surface area (Å²) in [5.74, 6) is -0.175. The summed E-state index contributed by atoms with van der Waals surface area (Å²) in [6, 6.07) is 7.83. The van der Waals surface area contributed by atoms with Crippen LogP contribution in [0.5, 0.6) is 0 Å². The maximum Gasteiger partial charge on any atom is 0.243 e. The summed E-state index contributed by atoms with van der Waals surface area (Å²) in [5, 5.41) is 2.88. The first kappa shape index (κ1) is 20.6. The number of morpholine rings is 1. The minimum atomic E-state index is -0.175. The molecule has 0 atom stereocenters. The fraction of sp³-hybridized carbons (Fsp3) is 0.619. The van der Waals surface area contributed by atoms with Crippen LogP contribution in [0.2, 0.25) is 0 Å². The number of likely N-dealkylation sites (N-methyl/N-ethyl adjacent to an activating group) is 1. The Morgan fingerprint density at radius 1 is 1.00 bits per heavy atom. The molecule has 2 heterocycles. The fourth-order valence-corrected chi connectivity index (χ4v) is 3.69. The molecule has 0 radical (unpaired) electrons. The lowest BCUT2D eigenvalue weighted by Crippen LogP contribution is -2.42. The van der Waals surface area contributed by atoms with Gasteiger partial charge in [-0.3, -0.25) is 14.5 Å². The van der Waals surface area contributed by atoms with Gasteiger partial charge in [0.25, 0.3) is 0 Å². The molecule has 28 heavy (non-hydrogen) atoms. The number of ether oxygens (including phenoxy) is 1. The average molecular weight is 389 g/mol. The standard InChI is InChI=1S/C21H32N4O3/c1-23(21(27)17-24-10-4-2-3-5-11-24)16-20(26)22-18-6-8-19(9-7-18)25-12-14-28-15-13-25/h6-9H,2-5,10-17H2,1H3,(H,22,26). The van der Waals surface area contributed by atoms with Crippen molar-refractivity contribution in [3.05, 3.63) is 24.3 Å². The molecule has 2 saturated heterocycles. The van der Waals surface area contributed by atoms with Gasteiger partial charge in [0.1, 0.15) is 0 Å². The van der Waals surface area contributed by atoms with E-state index in [1.54, 1.807) is 7.05 Å². The molecule has 7 nitrogen and oxygen atoms in total. The number of nitrogens with zero attached hydrogens (tertiary/aromatic N) is 3. The summed E-state index contributed by atoms with van der Waals surface area (Å²) in [4.78, 5) is 30.7. The van der Waals surface area contributed by atoms with Crippen LogP contribution in [-0.4, -0.2) is 81.1 Å².